The predicted octanol–water partition coefficient (Wildman–Crippen LogP) is 2.68. The Balaban J connectivity index is 2.22. The van der Waals surface area contributed by atoms with E-state index in [-0.39, 0.29) is 38.7 Å². The fourth-order valence-corrected chi connectivity index (χ4v) is 9.17. The van der Waals surface area contributed by atoms with Crippen molar-refractivity contribution in [3.8, 4) is 0 Å². The van der Waals surface area contributed by atoms with Crippen LogP contribution in [-0.2, 0) is 57.1 Å². The number of cyclic esters (lactones) is 1. The summed E-state index contributed by atoms with van der Waals surface area (Å²) in [6.07, 6.45) is -11.1. The highest BCUT2D eigenvalue weighted by Crippen LogP contribution is 2.41. The highest BCUT2D eigenvalue weighted by molar-refractivity contribution is 5.83. The number of ether oxygens (including phenoxy) is 8. The first kappa shape index (κ1) is 52.0. The number of carbonyl (C=O) groups excluding carboxylic acids is 4. The minimum atomic E-state index is -2.04. The molecule has 0 aromatic heterocycles. The molecule has 3 aliphatic rings. The van der Waals surface area contributed by atoms with E-state index in [2.05, 4.69) is 0 Å². The van der Waals surface area contributed by atoms with Gasteiger partial charge in [0.1, 0.15) is 23.6 Å². The zero-order chi connectivity index (χ0) is 45.7. The number of likely N-dealkylation sites (N-methyl/N-ethyl adjacent to an activating group) is 1. The number of rotatable bonds is 12. The molecular weight excluding hydrogens is 786 g/mol. The molecule has 3 aliphatic heterocycles. The summed E-state index contributed by atoms with van der Waals surface area (Å²) in [5, 5.41) is 46.8. The van der Waals surface area contributed by atoms with Gasteiger partial charge in [0.2, 0.25) is 0 Å². The van der Waals surface area contributed by atoms with E-state index in [1.54, 1.807) is 48.5 Å². The molecule has 0 radical (unpaired) electrons. The summed E-state index contributed by atoms with van der Waals surface area (Å²) in [6.45, 7) is 17.9. The first-order valence-corrected chi connectivity index (χ1v) is 21.5. The number of aliphatic hydroxyl groups excluding tert-OH is 2. The van der Waals surface area contributed by atoms with Gasteiger partial charge in [-0.1, -0.05) is 27.7 Å². The van der Waals surface area contributed by atoms with Gasteiger partial charge in [0.25, 0.3) is 0 Å². The lowest BCUT2D eigenvalue weighted by atomic mass is 9.74. The molecule has 0 saturated carbocycles. The van der Waals surface area contributed by atoms with Crippen LogP contribution in [0.1, 0.15) is 115 Å². The first-order valence-electron chi connectivity index (χ1n) is 21.5. The van der Waals surface area contributed by atoms with Gasteiger partial charge in [-0.25, -0.2) is 0 Å². The van der Waals surface area contributed by atoms with Crippen molar-refractivity contribution in [1.82, 2.24) is 4.90 Å². The third-order valence-corrected chi connectivity index (χ3v) is 12.9. The highest BCUT2D eigenvalue weighted by atomic mass is 16.7. The van der Waals surface area contributed by atoms with Gasteiger partial charge >= 0.3 is 17.9 Å². The molecule has 0 amide bonds. The number of carbonyl (C=O) groups is 4. The Kier molecular flexibility index (Phi) is 18.5. The second-order valence-corrected chi connectivity index (χ2v) is 18.2. The molecule has 3 fully saturated rings. The second kappa shape index (κ2) is 21.4. The van der Waals surface area contributed by atoms with E-state index in [4.69, 9.17) is 37.9 Å². The number of nitrogens with zero attached hydrogens (tertiary/aromatic N) is 1. The van der Waals surface area contributed by atoms with Crippen LogP contribution in [0.2, 0.25) is 0 Å². The second-order valence-electron chi connectivity index (χ2n) is 18.2. The molecule has 0 bridgehead atoms. The maximum Gasteiger partial charge on any atom is 0.311 e. The monoisotopic (exact) mass is 862 g/mol. The fourth-order valence-electron chi connectivity index (χ4n) is 9.17. The molecule has 18 atom stereocenters. The highest BCUT2D eigenvalue weighted by Gasteiger charge is 2.54. The van der Waals surface area contributed by atoms with Crippen molar-refractivity contribution in [2.75, 3.05) is 27.8 Å². The van der Waals surface area contributed by atoms with Crippen molar-refractivity contribution < 1.29 is 77.5 Å². The Hall–Kier alpha value is -2.32. The fraction of sp³-hybridized carbons (Fsp3) is 0.907. The molecule has 17 heteroatoms. The zero-order valence-corrected chi connectivity index (χ0v) is 38.2. The average molecular weight is 862 g/mol. The third-order valence-electron chi connectivity index (χ3n) is 12.9. The van der Waals surface area contributed by atoms with Gasteiger partial charge in [-0.05, 0) is 81.8 Å². The van der Waals surface area contributed by atoms with Crippen LogP contribution in [0.5, 0.6) is 0 Å². The Morgan fingerprint density at radius 2 is 1.47 bits per heavy atom. The number of aliphatic hydroxyl groups is 4. The van der Waals surface area contributed by atoms with Gasteiger partial charge in [-0.3, -0.25) is 19.2 Å². The number of Topliss-reactive ketones (excluding diaryl/α,β-unsaturated/α-hetero) is 1. The van der Waals surface area contributed by atoms with Crippen LogP contribution in [-0.4, -0.2) is 161 Å². The Morgan fingerprint density at radius 3 is 2.03 bits per heavy atom. The Morgan fingerprint density at radius 1 is 0.850 bits per heavy atom. The maximum atomic E-state index is 14.3. The normalized spacial score (nSPS) is 43.8. The van der Waals surface area contributed by atoms with Crippen LogP contribution in [0.3, 0.4) is 0 Å². The minimum absolute atomic E-state index is 0.0431. The lowest BCUT2D eigenvalue weighted by Crippen LogP contribution is -2.61. The van der Waals surface area contributed by atoms with Crippen molar-refractivity contribution >= 4 is 23.7 Å². The summed E-state index contributed by atoms with van der Waals surface area (Å²) < 4.78 is 48.8. The summed E-state index contributed by atoms with van der Waals surface area (Å²) in [6, 6.07) is -0.443. The quantitative estimate of drug-likeness (QED) is 0.163. The summed E-state index contributed by atoms with van der Waals surface area (Å²) in [5.74, 6) is -6.64. The largest absolute Gasteiger partial charge is 0.466 e. The van der Waals surface area contributed by atoms with E-state index in [0.29, 0.717) is 6.42 Å². The molecule has 348 valence electrons. The van der Waals surface area contributed by atoms with E-state index >= 15 is 0 Å². The predicted molar refractivity (Wildman–Crippen MR) is 216 cm³/mol. The summed E-state index contributed by atoms with van der Waals surface area (Å²) >= 11 is 0. The zero-order valence-electron chi connectivity index (χ0n) is 38.2. The molecule has 0 spiro atoms. The lowest BCUT2D eigenvalue weighted by molar-refractivity contribution is -0.319. The van der Waals surface area contributed by atoms with Crippen LogP contribution in [0, 0.1) is 23.7 Å². The van der Waals surface area contributed by atoms with Gasteiger partial charge in [0.15, 0.2) is 18.7 Å². The summed E-state index contributed by atoms with van der Waals surface area (Å²) in [4.78, 5) is 55.6. The van der Waals surface area contributed by atoms with Gasteiger partial charge in [-0.2, -0.15) is 0 Å². The number of ketones is 1. The van der Waals surface area contributed by atoms with Gasteiger partial charge in [-0.15, -0.1) is 0 Å². The number of hydrogen-bond donors (Lipinski definition) is 4. The van der Waals surface area contributed by atoms with Crippen LogP contribution in [0.4, 0.5) is 0 Å². The van der Waals surface area contributed by atoms with Crippen LogP contribution < -0.4 is 0 Å². The van der Waals surface area contributed by atoms with Crippen LogP contribution in [0.25, 0.3) is 0 Å². The molecule has 0 aromatic rings. The standard InChI is InChI=1S/C43H75NO16/c1-15-29-43(11,52)36(48)24(5)33(47)22(3)20-41(9,51)38(25(6)34(26(7)39(50)57-29)59-32-21-42(10,53-14)37(49)27(8)56-32)60-40-35(28(44(12)13)19-23(4)55-40)58-31(46)18-17-30(45)54-16-2/h22-29,32,34-38,40,48-49,51-52H,15-21H2,1-14H3/t22-,23?,24+,25?,26-,27?,28?,29-,32?,34+,35?,36-,37?,38-,40?,41-,42?,43-/m1/s1. The maximum absolute atomic E-state index is 14.3. The minimum Gasteiger partial charge on any atom is -0.466 e. The molecule has 17 nitrogen and oxygen atoms in total. The number of hydrogen-bond acceptors (Lipinski definition) is 17. The van der Waals surface area contributed by atoms with Crippen molar-refractivity contribution in [3.05, 3.63) is 0 Å². The lowest BCUT2D eigenvalue weighted by Gasteiger charge is -2.49. The van der Waals surface area contributed by atoms with E-state index in [0.717, 1.165) is 0 Å². The third kappa shape index (κ3) is 12.2. The average Bonchev–Trinajstić information content (AvgIpc) is 3.17. The molecular formula is C43H75NO16. The molecule has 3 heterocycles. The summed E-state index contributed by atoms with van der Waals surface area (Å²) in [7, 11) is 5.09. The van der Waals surface area contributed by atoms with E-state index in [1.807, 2.05) is 25.9 Å². The number of esters is 3. The molecule has 4 N–H and O–H groups in total. The van der Waals surface area contributed by atoms with Crippen molar-refractivity contribution in [1.29, 1.82) is 0 Å². The summed E-state index contributed by atoms with van der Waals surface area (Å²) in [5.41, 5.74) is -5.06. The van der Waals surface area contributed by atoms with Gasteiger partial charge in [0, 0.05) is 31.3 Å². The van der Waals surface area contributed by atoms with Crippen LogP contribution >= 0.6 is 0 Å². The van der Waals surface area contributed by atoms with Crippen LogP contribution in [0.15, 0.2) is 0 Å². The topological polar surface area (TPSA) is 226 Å². The molecule has 0 aliphatic carbocycles. The Bertz CT molecular complexity index is 1440. The SMILES string of the molecule is CCOC(=O)CCC(=O)OC1C(O[C@@H]2C(C)[C@H](OC3CC(C)(OC)C(O)C(C)O3)[C@@H](C)C(=O)O[C@H](CC)[C@@](C)(O)[C@H](O)[C@@H](C)C(=O)[C@H](C)C[C@@]2(C)O)OC(C)CC1N(C)C. The van der Waals surface area contributed by atoms with E-state index in [9.17, 15) is 39.6 Å². The smallest absolute Gasteiger partial charge is 0.311 e. The van der Waals surface area contributed by atoms with Crippen molar-refractivity contribution in [3.63, 3.8) is 0 Å². The van der Waals surface area contributed by atoms with E-state index < -0.39 is 132 Å². The molecule has 3 saturated heterocycles. The van der Waals surface area contributed by atoms with Crippen molar-refractivity contribution in [2.24, 2.45) is 23.7 Å². The van der Waals surface area contributed by atoms with E-state index in [1.165, 1.54) is 27.9 Å². The van der Waals surface area contributed by atoms with Crippen molar-refractivity contribution in [2.45, 2.75) is 199 Å². The molecule has 3 rings (SSSR count). The Labute approximate surface area is 356 Å². The van der Waals surface area contributed by atoms with Gasteiger partial charge in [0.05, 0.1) is 73.1 Å². The molecule has 9 unspecified atom stereocenters. The number of methoxy groups -OCH3 is 1. The first-order chi connectivity index (χ1) is 27.8. The van der Waals surface area contributed by atoms with Gasteiger partial charge < -0.3 is 63.2 Å². The molecule has 0 aromatic carbocycles. The molecule has 60 heavy (non-hydrogen) atoms.